The molecule has 1 aliphatic rings. The number of nitrogens with zero attached hydrogens (tertiary/aromatic N) is 1. The van der Waals surface area contributed by atoms with Crippen molar-refractivity contribution < 1.29 is 4.74 Å². The van der Waals surface area contributed by atoms with Gasteiger partial charge in [0.25, 0.3) is 0 Å². The molecular formula is C15H21N3OS. The van der Waals surface area contributed by atoms with Crippen LogP contribution in [0.5, 0.6) is 0 Å². The van der Waals surface area contributed by atoms with Crippen LogP contribution in [0.15, 0.2) is 29.4 Å². The minimum atomic E-state index is 0.275. The van der Waals surface area contributed by atoms with Gasteiger partial charge in [-0.05, 0) is 44.5 Å². The van der Waals surface area contributed by atoms with Crippen LogP contribution in [0.25, 0.3) is 0 Å². The van der Waals surface area contributed by atoms with Crippen LogP contribution >= 0.6 is 12.2 Å². The zero-order chi connectivity index (χ0) is 14.4. The van der Waals surface area contributed by atoms with E-state index in [9.17, 15) is 0 Å². The highest BCUT2D eigenvalue weighted by atomic mass is 32.1. The molecular weight excluding hydrogens is 270 g/mol. The molecule has 0 spiro atoms. The zero-order valence-electron chi connectivity index (χ0n) is 12.0. The molecule has 1 aromatic carbocycles. The molecule has 0 saturated carbocycles. The number of rotatable bonds is 4. The minimum absolute atomic E-state index is 0.275. The Kier molecular flexibility index (Phi) is 5.49. The number of hydrogen-bond acceptors (Lipinski definition) is 3. The molecule has 108 valence electrons. The Morgan fingerprint density at radius 1 is 1.40 bits per heavy atom. The minimum Gasteiger partial charge on any atom is -0.376 e. The normalized spacial score (nSPS) is 18.9. The Morgan fingerprint density at radius 2 is 2.15 bits per heavy atom. The summed E-state index contributed by atoms with van der Waals surface area (Å²) in [4.78, 5) is 0. The lowest BCUT2D eigenvalue weighted by molar-refractivity contribution is 0.114. The first-order valence-electron chi connectivity index (χ1n) is 6.92. The van der Waals surface area contributed by atoms with Crippen molar-refractivity contribution in [2.75, 3.05) is 13.2 Å². The van der Waals surface area contributed by atoms with Crippen molar-refractivity contribution in [2.45, 2.75) is 32.8 Å². The van der Waals surface area contributed by atoms with Gasteiger partial charge in [-0.2, -0.15) is 5.10 Å². The second-order valence-corrected chi connectivity index (χ2v) is 5.43. The summed E-state index contributed by atoms with van der Waals surface area (Å²) in [5, 5.41) is 7.95. The third-order valence-electron chi connectivity index (χ3n) is 3.31. The first-order valence-corrected chi connectivity index (χ1v) is 7.33. The van der Waals surface area contributed by atoms with Gasteiger partial charge in [-0.1, -0.05) is 29.8 Å². The lowest BCUT2D eigenvalue weighted by Gasteiger charge is -2.12. The van der Waals surface area contributed by atoms with E-state index in [-0.39, 0.29) is 6.10 Å². The van der Waals surface area contributed by atoms with Gasteiger partial charge < -0.3 is 10.1 Å². The summed E-state index contributed by atoms with van der Waals surface area (Å²) >= 11 is 5.19. The average molecular weight is 291 g/mol. The van der Waals surface area contributed by atoms with E-state index in [0.717, 1.165) is 37.3 Å². The van der Waals surface area contributed by atoms with Crippen molar-refractivity contribution in [3.8, 4) is 0 Å². The molecule has 5 heteroatoms. The number of aryl methyl sites for hydroxylation is 1. The molecule has 1 aliphatic heterocycles. The molecule has 0 aliphatic carbocycles. The molecule has 1 unspecified atom stereocenters. The number of nitrogens with one attached hydrogen (secondary N) is 2. The molecule has 20 heavy (non-hydrogen) atoms. The van der Waals surface area contributed by atoms with Crippen LogP contribution in [0, 0.1) is 6.92 Å². The maximum absolute atomic E-state index is 5.52. The van der Waals surface area contributed by atoms with E-state index in [2.05, 4.69) is 47.0 Å². The number of hydrazone groups is 1. The lowest BCUT2D eigenvalue weighted by Crippen LogP contribution is -2.37. The molecule has 1 saturated heterocycles. The Balaban J connectivity index is 1.78. The summed E-state index contributed by atoms with van der Waals surface area (Å²) in [6, 6.07) is 8.25. The van der Waals surface area contributed by atoms with Crippen molar-refractivity contribution in [1.82, 2.24) is 10.7 Å². The first kappa shape index (κ1) is 14.9. The fraction of sp³-hybridized carbons (Fsp3) is 0.467. The molecule has 1 aromatic rings. The predicted octanol–water partition coefficient (Wildman–Crippen LogP) is 2.36. The third kappa shape index (κ3) is 4.58. The summed E-state index contributed by atoms with van der Waals surface area (Å²) in [6.07, 6.45) is 2.51. The van der Waals surface area contributed by atoms with E-state index in [1.165, 1.54) is 5.56 Å². The standard InChI is InChI=1S/C15H21N3OS/c1-11-5-7-13(8-6-11)12(2)17-18-15(20)16-10-14-4-3-9-19-14/h5-8,14H,3-4,9-10H2,1-2H3,(H2,16,18,20)/b17-12+. The highest BCUT2D eigenvalue weighted by molar-refractivity contribution is 7.80. The Hall–Kier alpha value is -1.46. The fourth-order valence-corrected chi connectivity index (χ4v) is 2.17. The molecule has 0 bridgehead atoms. The van der Waals surface area contributed by atoms with Crippen LogP contribution in [0.4, 0.5) is 0 Å². The van der Waals surface area contributed by atoms with Crippen LogP contribution in [-0.2, 0) is 4.74 Å². The molecule has 2 rings (SSSR count). The highest BCUT2D eigenvalue weighted by Gasteiger charge is 2.15. The lowest BCUT2D eigenvalue weighted by atomic mass is 10.1. The largest absolute Gasteiger partial charge is 0.376 e. The molecule has 1 atom stereocenters. The maximum Gasteiger partial charge on any atom is 0.187 e. The smallest absolute Gasteiger partial charge is 0.187 e. The van der Waals surface area contributed by atoms with Crippen molar-refractivity contribution >= 4 is 23.0 Å². The Morgan fingerprint density at radius 3 is 2.80 bits per heavy atom. The van der Waals surface area contributed by atoms with Gasteiger partial charge in [0.15, 0.2) is 5.11 Å². The topological polar surface area (TPSA) is 45.7 Å². The average Bonchev–Trinajstić information content (AvgIpc) is 2.96. The SMILES string of the molecule is C/C(=N\NC(=S)NCC1CCCO1)c1ccc(C)cc1. The third-order valence-corrected chi connectivity index (χ3v) is 3.54. The summed E-state index contributed by atoms with van der Waals surface area (Å²) in [5.41, 5.74) is 6.11. The second-order valence-electron chi connectivity index (χ2n) is 5.02. The van der Waals surface area contributed by atoms with Crippen LogP contribution in [0.3, 0.4) is 0 Å². The van der Waals surface area contributed by atoms with Gasteiger partial charge in [-0.3, -0.25) is 5.43 Å². The highest BCUT2D eigenvalue weighted by Crippen LogP contribution is 2.10. The maximum atomic E-state index is 5.52. The van der Waals surface area contributed by atoms with Crippen LogP contribution in [-0.4, -0.2) is 30.1 Å². The van der Waals surface area contributed by atoms with E-state index < -0.39 is 0 Å². The van der Waals surface area contributed by atoms with E-state index in [1.807, 2.05) is 6.92 Å². The number of hydrogen-bond donors (Lipinski definition) is 2. The van der Waals surface area contributed by atoms with Gasteiger partial charge >= 0.3 is 0 Å². The van der Waals surface area contributed by atoms with Gasteiger partial charge in [0.1, 0.15) is 0 Å². The molecule has 1 heterocycles. The van der Waals surface area contributed by atoms with Gasteiger partial charge in [0, 0.05) is 13.2 Å². The zero-order valence-corrected chi connectivity index (χ0v) is 12.8. The van der Waals surface area contributed by atoms with Gasteiger partial charge in [-0.15, -0.1) is 0 Å². The fourth-order valence-electron chi connectivity index (χ4n) is 2.05. The van der Waals surface area contributed by atoms with Gasteiger partial charge in [0.05, 0.1) is 11.8 Å². The Labute approximate surface area is 125 Å². The van der Waals surface area contributed by atoms with E-state index in [0.29, 0.717) is 5.11 Å². The summed E-state index contributed by atoms with van der Waals surface area (Å²) in [6.45, 7) is 5.63. The number of thiocarbonyl (C=S) groups is 1. The molecule has 0 radical (unpaired) electrons. The Bertz CT molecular complexity index is 478. The van der Waals surface area contributed by atoms with Crippen molar-refractivity contribution in [1.29, 1.82) is 0 Å². The van der Waals surface area contributed by atoms with Crippen LogP contribution < -0.4 is 10.7 Å². The van der Waals surface area contributed by atoms with Crippen molar-refractivity contribution in [2.24, 2.45) is 5.10 Å². The monoisotopic (exact) mass is 291 g/mol. The second kappa shape index (κ2) is 7.36. The van der Waals surface area contributed by atoms with Crippen LogP contribution in [0.2, 0.25) is 0 Å². The van der Waals surface area contributed by atoms with E-state index in [1.54, 1.807) is 0 Å². The molecule has 4 nitrogen and oxygen atoms in total. The van der Waals surface area contributed by atoms with Crippen LogP contribution in [0.1, 0.15) is 30.9 Å². The molecule has 0 aromatic heterocycles. The van der Waals surface area contributed by atoms with Crippen molar-refractivity contribution in [3.05, 3.63) is 35.4 Å². The van der Waals surface area contributed by atoms with Gasteiger partial charge in [-0.25, -0.2) is 0 Å². The number of ether oxygens (including phenoxy) is 1. The molecule has 0 amide bonds. The predicted molar refractivity (Wildman–Crippen MR) is 86.1 cm³/mol. The molecule has 2 N–H and O–H groups in total. The summed E-state index contributed by atoms with van der Waals surface area (Å²) < 4.78 is 5.52. The van der Waals surface area contributed by atoms with E-state index >= 15 is 0 Å². The van der Waals surface area contributed by atoms with E-state index in [4.69, 9.17) is 17.0 Å². The van der Waals surface area contributed by atoms with Crippen molar-refractivity contribution in [3.63, 3.8) is 0 Å². The summed E-state index contributed by atoms with van der Waals surface area (Å²) in [5.74, 6) is 0. The summed E-state index contributed by atoms with van der Waals surface area (Å²) in [7, 11) is 0. The molecule has 1 fully saturated rings. The quantitative estimate of drug-likeness (QED) is 0.508. The number of benzene rings is 1. The first-order chi connectivity index (χ1) is 9.65. The van der Waals surface area contributed by atoms with Gasteiger partial charge in [0.2, 0.25) is 0 Å².